The minimum absolute atomic E-state index is 0. The number of rotatable bonds is 9. The summed E-state index contributed by atoms with van der Waals surface area (Å²) in [6, 6.07) is 9.98. The normalized spacial score (nSPS) is 17.1. The first-order valence-electron chi connectivity index (χ1n) is 12.1. The predicted octanol–water partition coefficient (Wildman–Crippen LogP) is 2.01. The van der Waals surface area contributed by atoms with Crippen LogP contribution in [0.1, 0.15) is 9.67 Å². The van der Waals surface area contributed by atoms with Gasteiger partial charge in [-0.2, -0.15) is 0 Å². The summed E-state index contributed by atoms with van der Waals surface area (Å²) in [5.74, 6) is -2.27. The van der Waals surface area contributed by atoms with Crippen molar-refractivity contribution in [2.45, 2.75) is 6.10 Å². The molecule has 15 heteroatoms. The number of ether oxygens (including phenoxy) is 2. The first-order chi connectivity index (χ1) is 18.7. The largest absolute Gasteiger partial charge is 0.443 e. The minimum atomic E-state index is -0.744. The zero-order valence-electron chi connectivity index (χ0n) is 21.8. The molecule has 40 heavy (non-hydrogen) atoms. The smallest absolute Gasteiger partial charge is 0.414 e. The highest BCUT2D eigenvalue weighted by atomic mass is 79.9. The van der Waals surface area contributed by atoms with Gasteiger partial charge in [-0.3, -0.25) is 29.0 Å². The molecule has 2 fully saturated rings. The van der Waals surface area contributed by atoms with E-state index in [0.717, 1.165) is 11.3 Å². The third-order valence-corrected chi connectivity index (χ3v) is 7.29. The molecule has 1 atom stereocenters. The van der Waals surface area contributed by atoms with Crippen LogP contribution in [0.4, 0.5) is 16.2 Å². The van der Waals surface area contributed by atoms with Crippen LogP contribution in [0.3, 0.4) is 0 Å². The van der Waals surface area contributed by atoms with Gasteiger partial charge in [-0.15, -0.1) is 28.3 Å². The van der Waals surface area contributed by atoms with Gasteiger partial charge in [0.05, 0.1) is 35.5 Å². The molecule has 4 rings (SSSR count). The second-order valence-electron chi connectivity index (χ2n) is 8.99. The average molecular weight is 659 g/mol. The Labute approximate surface area is 250 Å². The Morgan fingerprint density at radius 3 is 2.35 bits per heavy atom. The van der Waals surface area contributed by atoms with Crippen molar-refractivity contribution in [3.63, 3.8) is 0 Å². The number of carbonyl (C=O) groups excluding carboxylic acids is 5. The third kappa shape index (κ3) is 7.44. The van der Waals surface area contributed by atoms with E-state index in [2.05, 4.69) is 5.32 Å². The van der Waals surface area contributed by atoms with Gasteiger partial charge in [0.2, 0.25) is 5.91 Å². The van der Waals surface area contributed by atoms with E-state index in [1.807, 2.05) is 0 Å². The molecular formula is C25H29BrClN5O7S. The summed E-state index contributed by atoms with van der Waals surface area (Å²) >= 11 is 6.89. The zero-order valence-corrected chi connectivity index (χ0v) is 25.1. The Morgan fingerprint density at radius 2 is 1.75 bits per heavy atom. The minimum Gasteiger partial charge on any atom is -0.443 e. The standard InChI is InChI=1S/C25H28ClN5O7S.BrH/c1-27-11-21(32)31(24(35)19-7-8-20(26)39-19)22(33)14-28(2)12-18-13-30(25(36)38-18)17-5-3-16(4-6-17)29-9-10-37-15-23(29)34;/h3-8,18,27H,9-15H2,1-2H3;1H/t18-;/m0./s1. The first-order valence-corrected chi connectivity index (χ1v) is 13.3. The van der Waals surface area contributed by atoms with Gasteiger partial charge in [0.15, 0.2) is 0 Å². The molecule has 216 valence electrons. The molecule has 1 aromatic carbocycles. The molecule has 12 nitrogen and oxygen atoms in total. The van der Waals surface area contributed by atoms with E-state index >= 15 is 0 Å². The predicted molar refractivity (Wildman–Crippen MR) is 154 cm³/mol. The maximum Gasteiger partial charge on any atom is 0.414 e. The van der Waals surface area contributed by atoms with Crippen molar-refractivity contribution in [1.82, 2.24) is 15.1 Å². The first kappa shape index (κ1) is 31.6. The summed E-state index contributed by atoms with van der Waals surface area (Å²) in [6.45, 7) is 0.938. The van der Waals surface area contributed by atoms with Crippen LogP contribution in [0, 0.1) is 0 Å². The average Bonchev–Trinajstić information content (AvgIpc) is 3.49. The molecule has 2 aliphatic rings. The second-order valence-corrected chi connectivity index (χ2v) is 10.7. The highest BCUT2D eigenvalue weighted by Crippen LogP contribution is 2.26. The Balaban J connectivity index is 0.00000441. The van der Waals surface area contributed by atoms with Crippen LogP contribution in [0.15, 0.2) is 36.4 Å². The van der Waals surface area contributed by atoms with Crippen molar-refractivity contribution < 1.29 is 33.4 Å². The molecule has 0 unspecified atom stereocenters. The molecule has 2 aromatic rings. The Bertz CT molecular complexity index is 1260. The number of imide groups is 3. The monoisotopic (exact) mass is 657 g/mol. The van der Waals surface area contributed by atoms with Crippen LogP contribution in [0.5, 0.6) is 0 Å². The van der Waals surface area contributed by atoms with E-state index in [-0.39, 0.29) is 60.6 Å². The van der Waals surface area contributed by atoms with E-state index in [1.54, 1.807) is 41.1 Å². The van der Waals surface area contributed by atoms with Crippen LogP contribution in [0.2, 0.25) is 4.34 Å². The number of carbonyl (C=O) groups is 5. The van der Waals surface area contributed by atoms with Gasteiger partial charge in [-0.1, -0.05) is 11.6 Å². The number of hydrogen-bond acceptors (Lipinski definition) is 10. The summed E-state index contributed by atoms with van der Waals surface area (Å²) in [4.78, 5) is 68.7. The lowest BCUT2D eigenvalue weighted by Crippen LogP contribution is -2.49. The molecule has 0 bridgehead atoms. The molecule has 1 aromatic heterocycles. The summed E-state index contributed by atoms with van der Waals surface area (Å²) in [5, 5.41) is 2.66. The second kappa shape index (κ2) is 14.1. The molecule has 5 amide bonds. The summed E-state index contributed by atoms with van der Waals surface area (Å²) < 4.78 is 11.0. The number of hydrogen-bond donors (Lipinski definition) is 1. The van der Waals surface area contributed by atoms with E-state index in [4.69, 9.17) is 21.1 Å². The van der Waals surface area contributed by atoms with E-state index in [1.165, 1.54) is 24.1 Å². The lowest BCUT2D eigenvalue weighted by Gasteiger charge is -2.27. The fourth-order valence-electron chi connectivity index (χ4n) is 4.28. The molecule has 0 saturated carbocycles. The van der Waals surface area contributed by atoms with Gasteiger partial charge >= 0.3 is 6.09 Å². The van der Waals surface area contributed by atoms with Crippen LogP contribution in [0.25, 0.3) is 0 Å². The number of anilines is 2. The van der Waals surface area contributed by atoms with Crippen LogP contribution >= 0.6 is 39.9 Å². The third-order valence-electron chi connectivity index (χ3n) is 6.07. The fourth-order valence-corrected chi connectivity index (χ4v) is 5.25. The number of nitrogens with one attached hydrogen (secondary N) is 1. The Morgan fingerprint density at radius 1 is 1.07 bits per heavy atom. The Hall–Kier alpha value is -2.88. The Kier molecular flexibility index (Phi) is 11.2. The number of nitrogens with zero attached hydrogens (tertiary/aromatic N) is 4. The van der Waals surface area contributed by atoms with Crippen LogP contribution < -0.4 is 15.1 Å². The van der Waals surface area contributed by atoms with E-state index < -0.39 is 29.9 Å². The van der Waals surface area contributed by atoms with Gasteiger partial charge in [0.1, 0.15) is 12.7 Å². The molecule has 0 aliphatic carbocycles. The van der Waals surface area contributed by atoms with Crippen molar-refractivity contribution in [2.75, 3.05) is 69.8 Å². The zero-order chi connectivity index (χ0) is 28.1. The van der Waals surface area contributed by atoms with Crippen LogP contribution in [-0.4, -0.2) is 106 Å². The van der Waals surface area contributed by atoms with Crippen molar-refractivity contribution in [2.24, 2.45) is 0 Å². The summed E-state index contributed by atoms with van der Waals surface area (Å²) in [5.41, 5.74) is 1.32. The number of benzene rings is 1. The quantitative estimate of drug-likeness (QED) is 0.430. The van der Waals surface area contributed by atoms with Gasteiger partial charge in [-0.05, 0) is 50.5 Å². The van der Waals surface area contributed by atoms with Crippen molar-refractivity contribution in [3.8, 4) is 0 Å². The number of likely N-dealkylation sites (N-methyl/N-ethyl adjacent to an activating group) is 2. The maximum atomic E-state index is 13.0. The summed E-state index contributed by atoms with van der Waals surface area (Å²) in [6.07, 6.45) is -1.09. The highest BCUT2D eigenvalue weighted by molar-refractivity contribution is 8.93. The lowest BCUT2D eigenvalue weighted by atomic mass is 10.2. The number of thiophene rings is 1. The number of amides is 5. The maximum absolute atomic E-state index is 13.0. The van der Waals surface area contributed by atoms with Gasteiger partial charge < -0.3 is 19.7 Å². The van der Waals surface area contributed by atoms with Gasteiger partial charge in [0, 0.05) is 24.5 Å². The fraction of sp³-hybridized carbons (Fsp3) is 0.400. The van der Waals surface area contributed by atoms with E-state index in [9.17, 15) is 24.0 Å². The van der Waals surface area contributed by atoms with Gasteiger partial charge in [0.25, 0.3) is 17.7 Å². The lowest BCUT2D eigenvalue weighted by molar-refractivity contribution is -0.141. The molecule has 2 aliphatic heterocycles. The van der Waals surface area contributed by atoms with Crippen molar-refractivity contribution in [3.05, 3.63) is 45.6 Å². The van der Waals surface area contributed by atoms with Crippen molar-refractivity contribution in [1.29, 1.82) is 0 Å². The molecule has 0 radical (unpaired) electrons. The highest BCUT2D eigenvalue weighted by Gasteiger charge is 2.35. The van der Waals surface area contributed by atoms with Crippen LogP contribution in [-0.2, 0) is 23.9 Å². The molecular weight excluding hydrogens is 630 g/mol. The topological polar surface area (TPSA) is 129 Å². The van der Waals surface area contributed by atoms with Gasteiger partial charge in [-0.25, -0.2) is 9.69 Å². The molecule has 0 spiro atoms. The molecule has 2 saturated heterocycles. The molecule has 3 heterocycles. The van der Waals surface area contributed by atoms with E-state index in [0.29, 0.717) is 33.8 Å². The molecule has 1 N–H and O–H groups in total. The number of halogens is 2. The van der Waals surface area contributed by atoms with Crippen molar-refractivity contribution >= 4 is 81.0 Å². The SMILES string of the molecule is Br.CNCC(=O)N(C(=O)CN(C)C[C@H]1CN(c2ccc(N3CCOCC3=O)cc2)C(=O)O1)C(=O)c1ccc(Cl)s1. The summed E-state index contributed by atoms with van der Waals surface area (Å²) in [7, 11) is 3.17. The number of morpholine rings is 1. The number of cyclic esters (lactones) is 1.